The smallest absolute Gasteiger partial charge is 0.234 e. The number of Topliss-reactive ketones (excluding diaryl/α,β-unsaturated/α-hetero) is 1. The zero-order valence-corrected chi connectivity index (χ0v) is 13.6. The minimum atomic E-state index is -0.504. The Morgan fingerprint density at radius 2 is 1.86 bits per heavy atom. The Kier molecular flexibility index (Phi) is 2.55. The topological polar surface area (TPSA) is 37.4 Å². The third kappa shape index (κ3) is 1.34. The van der Waals surface area contributed by atoms with Crippen molar-refractivity contribution in [2.75, 3.05) is 11.4 Å². The maximum atomic E-state index is 13.5. The van der Waals surface area contributed by atoms with E-state index < -0.39 is 5.41 Å². The van der Waals surface area contributed by atoms with Gasteiger partial charge in [0, 0.05) is 24.1 Å². The summed E-state index contributed by atoms with van der Waals surface area (Å²) in [5, 5.41) is 0. The third-order valence-corrected chi connectivity index (χ3v) is 7.25. The molecule has 0 unspecified atom stereocenters. The lowest BCUT2D eigenvalue weighted by Gasteiger charge is -2.40. The molecular weight excluding hydrogens is 274 g/mol. The molecule has 0 N–H and O–H groups in total. The Balaban J connectivity index is 1.77. The van der Waals surface area contributed by atoms with Crippen molar-refractivity contribution in [1.82, 2.24) is 0 Å². The number of rotatable bonds is 1. The number of nitrogens with zero attached hydrogens (tertiary/aromatic N) is 1. The number of hydrogen-bond donors (Lipinski definition) is 0. The Hall–Kier alpha value is -1.64. The van der Waals surface area contributed by atoms with Crippen LogP contribution in [0.15, 0.2) is 24.3 Å². The third-order valence-electron chi connectivity index (χ3n) is 7.25. The number of amides is 1. The highest BCUT2D eigenvalue weighted by Crippen LogP contribution is 2.71. The summed E-state index contributed by atoms with van der Waals surface area (Å²) < 4.78 is 0. The first-order chi connectivity index (χ1) is 10.3. The summed E-state index contributed by atoms with van der Waals surface area (Å²) in [5.74, 6) is 0.460. The average molecular weight is 297 g/mol. The van der Waals surface area contributed by atoms with Crippen LogP contribution in [0.2, 0.25) is 0 Å². The molecule has 2 saturated carbocycles. The maximum Gasteiger partial charge on any atom is 0.234 e. The van der Waals surface area contributed by atoms with E-state index in [9.17, 15) is 9.59 Å². The van der Waals surface area contributed by atoms with Gasteiger partial charge in [0.05, 0.1) is 5.41 Å². The van der Waals surface area contributed by atoms with Gasteiger partial charge >= 0.3 is 0 Å². The first kappa shape index (κ1) is 14.0. The van der Waals surface area contributed by atoms with Crippen molar-refractivity contribution in [2.45, 2.75) is 46.5 Å². The zero-order valence-electron chi connectivity index (χ0n) is 13.6. The summed E-state index contributed by atoms with van der Waals surface area (Å²) in [6, 6.07) is 8.16. The van der Waals surface area contributed by atoms with Gasteiger partial charge in [0.25, 0.3) is 0 Å². The molecule has 2 bridgehead atoms. The van der Waals surface area contributed by atoms with Crippen LogP contribution in [0.4, 0.5) is 5.69 Å². The predicted molar refractivity (Wildman–Crippen MR) is 85.7 cm³/mol. The van der Waals surface area contributed by atoms with Gasteiger partial charge in [0.2, 0.25) is 5.91 Å². The summed E-state index contributed by atoms with van der Waals surface area (Å²) in [4.78, 5) is 28.0. The van der Waals surface area contributed by atoms with Crippen molar-refractivity contribution in [2.24, 2.45) is 16.2 Å². The molecule has 0 spiro atoms. The molecular formula is C19H23NO2. The fraction of sp³-hybridized carbons (Fsp3) is 0.579. The van der Waals surface area contributed by atoms with Gasteiger partial charge in [-0.05, 0) is 36.3 Å². The van der Waals surface area contributed by atoms with E-state index in [1.54, 1.807) is 0 Å². The number of ketones is 1. The monoisotopic (exact) mass is 297 g/mol. The summed E-state index contributed by atoms with van der Waals surface area (Å²) in [7, 11) is 0. The molecule has 0 aromatic heterocycles. The molecule has 3 aliphatic rings. The molecule has 2 atom stereocenters. The van der Waals surface area contributed by atoms with Crippen LogP contribution in [0.3, 0.4) is 0 Å². The molecule has 1 amide bonds. The second-order valence-electron chi connectivity index (χ2n) is 7.97. The van der Waals surface area contributed by atoms with Crippen molar-refractivity contribution in [3.05, 3.63) is 29.8 Å². The van der Waals surface area contributed by atoms with E-state index in [2.05, 4.69) is 26.8 Å². The zero-order chi connectivity index (χ0) is 15.8. The number of benzene rings is 1. The molecule has 1 aromatic carbocycles. The van der Waals surface area contributed by atoms with E-state index in [-0.39, 0.29) is 22.5 Å². The molecule has 1 aromatic rings. The lowest BCUT2D eigenvalue weighted by atomic mass is 9.64. The second kappa shape index (κ2) is 4.01. The van der Waals surface area contributed by atoms with Crippen molar-refractivity contribution >= 4 is 17.4 Å². The number of para-hydroxylation sites is 1. The van der Waals surface area contributed by atoms with E-state index in [0.29, 0.717) is 6.42 Å². The molecule has 1 aliphatic heterocycles. The van der Waals surface area contributed by atoms with Gasteiger partial charge in [-0.2, -0.15) is 0 Å². The Morgan fingerprint density at radius 3 is 2.50 bits per heavy atom. The Labute approximate surface area is 131 Å². The van der Waals surface area contributed by atoms with Crippen LogP contribution >= 0.6 is 0 Å². The molecule has 2 fully saturated rings. The molecule has 2 aliphatic carbocycles. The van der Waals surface area contributed by atoms with Gasteiger partial charge in [-0.1, -0.05) is 39.0 Å². The van der Waals surface area contributed by atoms with E-state index in [0.717, 1.165) is 31.5 Å². The standard InChI is InChI=1S/C19H23NO2/c1-17(2)18(3)9-10-19(17,12-15(18)21)16(22)20-11-8-13-6-4-5-7-14(13)20/h4-7H,8-12H2,1-3H3/t18-,19+/m1/s1. The molecule has 4 rings (SSSR count). The number of carbonyl (C=O) groups is 2. The summed E-state index contributed by atoms with van der Waals surface area (Å²) in [6.07, 6.45) is 3.04. The second-order valence-corrected chi connectivity index (χ2v) is 7.97. The largest absolute Gasteiger partial charge is 0.311 e. The number of anilines is 1. The molecule has 3 heteroatoms. The average Bonchev–Trinajstić information content (AvgIpc) is 3.04. The van der Waals surface area contributed by atoms with Crippen molar-refractivity contribution in [3.63, 3.8) is 0 Å². The highest BCUT2D eigenvalue weighted by atomic mass is 16.2. The molecule has 0 radical (unpaired) electrons. The first-order valence-corrected chi connectivity index (χ1v) is 8.27. The van der Waals surface area contributed by atoms with Gasteiger partial charge in [-0.25, -0.2) is 0 Å². The van der Waals surface area contributed by atoms with E-state index in [1.165, 1.54) is 5.56 Å². The fourth-order valence-corrected chi connectivity index (χ4v) is 5.14. The van der Waals surface area contributed by atoms with Crippen LogP contribution in [0.1, 0.15) is 45.6 Å². The van der Waals surface area contributed by atoms with Crippen LogP contribution in [0.25, 0.3) is 0 Å². The van der Waals surface area contributed by atoms with Gasteiger partial charge in [-0.15, -0.1) is 0 Å². The quantitative estimate of drug-likeness (QED) is 0.797. The number of carbonyl (C=O) groups excluding carboxylic acids is 2. The Bertz CT molecular complexity index is 692. The maximum absolute atomic E-state index is 13.5. The van der Waals surface area contributed by atoms with Crippen molar-refractivity contribution in [3.8, 4) is 0 Å². The predicted octanol–water partition coefficient (Wildman–Crippen LogP) is 3.36. The summed E-state index contributed by atoms with van der Waals surface area (Å²) in [5.41, 5.74) is 1.20. The van der Waals surface area contributed by atoms with Gasteiger partial charge in [0.15, 0.2) is 0 Å². The van der Waals surface area contributed by atoms with E-state index >= 15 is 0 Å². The van der Waals surface area contributed by atoms with Crippen LogP contribution in [0.5, 0.6) is 0 Å². The van der Waals surface area contributed by atoms with Crippen molar-refractivity contribution < 1.29 is 9.59 Å². The van der Waals surface area contributed by atoms with Crippen LogP contribution in [-0.2, 0) is 16.0 Å². The number of fused-ring (bicyclic) bond motifs is 3. The highest BCUT2D eigenvalue weighted by Gasteiger charge is 2.73. The normalized spacial score (nSPS) is 35.0. The van der Waals surface area contributed by atoms with Crippen LogP contribution in [-0.4, -0.2) is 18.2 Å². The van der Waals surface area contributed by atoms with E-state index in [1.807, 2.05) is 23.1 Å². The lowest BCUT2D eigenvalue weighted by molar-refractivity contribution is -0.133. The fourth-order valence-electron chi connectivity index (χ4n) is 5.14. The molecule has 22 heavy (non-hydrogen) atoms. The minimum Gasteiger partial charge on any atom is -0.311 e. The summed E-state index contributed by atoms with van der Waals surface area (Å²) in [6.45, 7) is 7.08. The molecule has 116 valence electrons. The lowest BCUT2D eigenvalue weighted by Crippen LogP contribution is -2.48. The Morgan fingerprint density at radius 1 is 1.14 bits per heavy atom. The highest BCUT2D eigenvalue weighted by molar-refractivity contribution is 6.06. The van der Waals surface area contributed by atoms with Gasteiger partial charge < -0.3 is 4.90 Å². The summed E-state index contributed by atoms with van der Waals surface area (Å²) >= 11 is 0. The molecule has 0 saturated heterocycles. The van der Waals surface area contributed by atoms with Crippen LogP contribution < -0.4 is 4.90 Å². The van der Waals surface area contributed by atoms with E-state index in [4.69, 9.17) is 0 Å². The number of hydrogen-bond acceptors (Lipinski definition) is 2. The minimum absolute atomic E-state index is 0.178. The first-order valence-electron chi connectivity index (χ1n) is 8.27. The molecule has 1 heterocycles. The van der Waals surface area contributed by atoms with Crippen LogP contribution in [0, 0.1) is 16.2 Å². The van der Waals surface area contributed by atoms with Gasteiger partial charge in [0.1, 0.15) is 5.78 Å². The van der Waals surface area contributed by atoms with Crippen molar-refractivity contribution in [1.29, 1.82) is 0 Å². The molecule has 3 nitrogen and oxygen atoms in total. The SMILES string of the molecule is CC1(C)[C@@]2(C(=O)N3CCc4ccccc43)CC[C@]1(C)C(=O)C2. The van der Waals surface area contributed by atoms with Gasteiger partial charge in [-0.3, -0.25) is 9.59 Å².